The molecule has 142 valence electrons. The van der Waals surface area contributed by atoms with Crippen molar-refractivity contribution in [1.82, 2.24) is 4.98 Å². The molecule has 0 spiro atoms. The highest BCUT2D eigenvalue weighted by atomic mass is 19.4. The summed E-state index contributed by atoms with van der Waals surface area (Å²) >= 11 is 0. The van der Waals surface area contributed by atoms with Crippen LogP contribution in [0.2, 0.25) is 0 Å². The van der Waals surface area contributed by atoms with Crippen LogP contribution >= 0.6 is 0 Å². The number of amides is 1. The molecule has 1 aromatic heterocycles. The minimum absolute atomic E-state index is 0.129. The smallest absolute Gasteiger partial charge is 0.389 e. The standard InChI is InChI=1S/C18H13F5N2O2/c1-8(26)10-4-9(2-3-12(10)18(21,22)23)17(27)25-16-7-24-15-6-14(20)13(19)5-11(15)16/h2-8,24,26H,1H3,(H,25,27). The van der Waals surface area contributed by atoms with E-state index in [0.717, 1.165) is 31.2 Å². The summed E-state index contributed by atoms with van der Waals surface area (Å²) in [6.07, 6.45) is -4.82. The van der Waals surface area contributed by atoms with Crippen LogP contribution in [-0.2, 0) is 6.18 Å². The number of aromatic amines is 1. The average Bonchev–Trinajstić information content (AvgIpc) is 2.95. The first-order valence-electron chi connectivity index (χ1n) is 7.74. The lowest BCUT2D eigenvalue weighted by molar-refractivity contribution is -0.139. The van der Waals surface area contributed by atoms with E-state index < -0.39 is 40.9 Å². The third-order valence-electron chi connectivity index (χ3n) is 4.04. The second-order valence-corrected chi connectivity index (χ2v) is 5.94. The predicted molar refractivity (Wildman–Crippen MR) is 88.2 cm³/mol. The van der Waals surface area contributed by atoms with Crippen LogP contribution in [0.15, 0.2) is 36.5 Å². The Morgan fingerprint density at radius 3 is 2.44 bits per heavy atom. The fraction of sp³-hybridized carbons (Fsp3) is 0.167. The SMILES string of the molecule is CC(O)c1cc(C(=O)Nc2c[nH]c3cc(F)c(F)cc23)ccc1C(F)(F)F. The van der Waals surface area contributed by atoms with E-state index in [0.29, 0.717) is 6.07 Å². The molecule has 0 saturated carbocycles. The molecule has 0 bridgehead atoms. The monoisotopic (exact) mass is 384 g/mol. The fourth-order valence-corrected chi connectivity index (χ4v) is 2.72. The highest BCUT2D eigenvalue weighted by Gasteiger charge is 2.34. The van der Waals surface area contributed by atoms with Gasteiger partial charge in [-0.1, -0.05) is 0 Å². The largest absolute Gasteiger partial charge is 0.416 e. The first-order valence-corrected chi connectivity index (χ1v) is 7.74. The normalized spacial score (nSPS) is 13.0. The number of hydrogen-bond donors (Lipinski definition) is 3. The lowest BCUT2D eigenvalue weighted by Crippen LogP contribution is -2.16. The fourth-order valence-electron chi connectivity index (χ4n) is 2.72. The molecule has 4 nitrogen and oxygen atoms in total. The Hall–Kier alpha value is -2.94. The molecule has 3 aromatic rings. The maximum atomic E-state index is 13.4. The molecule has 1 heterocycles. The number of aromatic nitrogens is 1. The van der Waals surface area contributed by atoms with Crippen LogP contribution in [0.4, 0.5) is 27.6 Å². The lowest BCUT2D eigenvalue weighted by atomic mass is 9.99. The van der Waals surface area contributed by atoms with Gasteiger partial charge in [0.05, 0.1) is 22.9 Å². The second-order valence-electron chi connectivity index (χ2n) is 5.94. The molecule has 1 atom stereocenters. The van der Waals surface area contributed by atoms with Gasteiger partial charge in [0.1, 0.15) is 0 Å². The Labute approximate surface area is 149 Å². The van der Waals surface area contributed by atoms with Crippen molar-refractivity contribution in [2.45, 2.75) is 19.2 Å². The number of aliphatic hydroxyl groups is 1. The van der Waals surface area contributed by atoms with Crippen LogP contribution < -0.4 is 5.32 Å². The zero-order valence-corrected chi connectivity index (χ0v) is 13.8. The summed E-state index contributed by atoms with van der Waals surface area (Å²) in [6, 6.07) is 4.44. The Balaban J connectivity index is 1.95. The molecule has 0 saturated heterocycles. The van der Waals surface area contributed by atoms with Crippen molar-refractivity contribution in [3.8, 4) is 0 Å². The molecule has 0 aliphatic rings. The minimum Gasteiger partial charge on any atom is -0.389 e. The second kappa shape index (κ2) is 6.66. The number of rotatable bonds is 3. The van der Waals surface area contributed by atoms with E-state index >= 15 is 0 Å². The van der Waals surface area contributed by atoms with E-state index in [1.807, 2.05) is 0 Å². The van der Waals surface area contributed by atoms with Gasteiger partial charge in [0.2, 0.25) is 0 Å². The molecule has 1 unspecified atom stereocenters. The number of anilines is 1. The molecule has 0 aliphatic carbocycles. The molecule has 0 aliphatic heterocycles. The van der Waals surface area contributed by atoms with Gasteiger partial charge < -0.3 is 15.4 Å². The summed E-state index contributed by atoms with van der Waals surface area (Å²) in [5.41, 5.74) is -1.25. The van der Waals surface area contributed by atoms with E-state index in [1.165, 1.54) is 6.20 Å². The van der Waals surface area contributed by atoms with Gasteiger partial charge in [-0.05, 0) is 36.8 Å². The van der Waals surface area contributed by atoms with Crippen LogP contribution in [-0.4, -0.2) is 16.0 Å². The van der Waals surface area contributed by atoms with Gasteiger partial charge in [0.15, 0.2) is 11.6 Å². The van der Waals surface area contributed by atoms with Gasteiger partial charge in [0, 0.05) is 23.2 Å². The number of aliphatic hydroxyl groups excluding tert-OH is 1. The third-order valence-corrected chi connectivity index (χ3v) is 4.04. The molecule has 3 N–H and O–H groups in total. The summed E-state index contributed by atoms with van der Waals surface area (Å²) in [6.45, 7) is 1.16. The first kappa shape index (κ1) is 18.8. The van der Waals surface area contributed by atoms with Crippen molar-refractivity contribution in [1.29, 1.82) is 0 Å². The van der Waals surface area contributed by atoms with Crippen LogP contribution in [0.1, 0.15) is 34.5 Å². The number of hydrogen-bond acceptors (Lipinski definition) is 2. The number of carbonyl (C=O) groups is 1. The highest BCUT2D eigenvalue weighted by molar-refractivity contribution is 6.09. The number of alkyl halides is 3. The molecule has 0 radical (unpaired) electrons. The van der Waals surface area contributed by atoms with E-state index in [-0.39, 0.29) is 22.2 Å². The number of nitrogens with one attached hydrogen (secondary N) is 2. The molecular formula is C18H13F5N2O2. The van der Waals surface area contributed by atoms with E-state index in [2.05, 4.69) is 10.3 Å². The molecule has 0 fully saturated rings. The number of benzene rings is 2. The zero-order valence-electron chi connectivity index (χ0n) is 13.8. The molecule has 9 heteroatoms. The number of halogens is 5. The summed E-state index contributed by atoms with van der Waals surface area (Å²) in [4.78, 5) is 15.0. The molecule has 2 aromatic carbocycles. The van der Waals surface area contributed by atoms with Crippen molar-refractivity contribution in [2.75, 3.05) is 5.32 Å². The van der Waals surface area contributed by atoms with Crippen molar-refractivity contribution >= 4 is 22.5 Å². The van der Waals surface area contributed by atoms with E-state index in [9.17, 15) is 31.9 Å². The predicted octanol–water partition coefficient (Wildman–Crippen LogP) is 4.77. The van der Waals surface area contributed by atoms with Crippen molar-refractivity contribution < 1.29 is 31.9 Å². The van der Waals surface area contributed by atoms with Gasteiger partial charge in [-0.25, -0.2) is 8.78 Å². The summed E-state index contributed by atoms with van der Waals surface area (Å²) < 4.78 is 65.7. The van der Waals surface area contributed by atoms with Gasteiger partial charge in [0.25, 0.3) is 5.91 Å². The van der Waals surface area contributed by atoms with Crippen LogP contribution in [0.5, 0.6) is 0 Å². The van der Waals surface area contributed by atoms with Gasteiger partial charge in [-0.15, -0.1) is 0 Å². The maximum Gasteiger partial charge on any atom is 0.416 e. The first-order chi connectivity index (χ1) is 12.6. The van der Waals surface area contributed by atoms with Gasteiger partial charge in [-0.3, -0.25) is 4.79 Å². The topological polar surface area (TPSA) is 65.1 Å². The zero-order chi connectivity index (χ0) is 19.9. The highest BCUT2D eigenvalue weighted by Crippen LogP contribution is 2.35. The van der Waals surface area contributed by atoms with Crippen LogP contribution in [0.25, 0.3) is 10.9 Å². The summed E-state index contributed by atoms with van der Waals surface area (Å²) in [5.74, 6) is -2.94. The van der Waals surface area contributed by atoms with Crippen molar-refractivity contribution in [3.05, 3.63) is 64.9 Å². The number of H-pyrrole nitrogens is 1. The van der Waals surface area contributed by atoms with E-state index in [4.69, 9.17) is 0 Å². The summed E-state index contributed by atoms with van der Waals surface area (Å²) in [7, 11) is 0. The number of carbonyl (C=O) groups excluding carboxylic acids is 1. The van der Waals surface area contributed by atoms with Gasteiger partial charge >= 0.3 is 6.18 Å². The third kappa shape index (κ3) is 3.63. The Bertz CT molecular complexity index is 1020. The summed E-state index contributed by atoms with van der Waals surface area (Å²) in [5, 5.41) is 12.2. The Morgan fingerprint density at radius 2 is 1.81 bits per heavy atom. The molecule has 1 amide bonds. The lowest BCUT2D eigenvalue weighted by Gasteiger charge is -2.16. The Morgan fingerprint density at radius 1 is 1.15 bits per heavy atom. The van der Waals surface area contributed by atoms with Crippen LogP contribution in [0, 0.1) is 11.6 Å². The average molecular weight is 384 g/mol. The molecule has 3 rings (SSSR count). The van der Waals surface area contributed by atoms with Gasteiger partial charge in [-0.2, -0.15) is 13.2 Å². The quantitative estimate of drug-likeness (QED) is 0.570. The van der Waals surface area contributed by atoms with Crippen molar-refractivity contribution in [2.24, 2.45) is 0 Å². The Kier molecular flexibility index (Phi) is 4.64. The van der Waals surface area contributed by atoms with Crippen LogP contribution in [0.3, 0.4) is 0 Å². The van der Waals surface area contributed by atoms with Crippen molar-refractivity contribution in [3.63, 3.8) is 0 Å². The molecular weight excluding hydrogens is 371 g/mol. The number of fused-ring (bicyclic) bond motifs is 1. The maximum absolute atomic E-state index is 13.4. The minimum atomic E-state index is -4.68. The molecule has 27 heavy (non-hydrogen) atoms. The van der Waals surface area contributed by atoms with E-state index in [1.54, 1.807) is 0 Å².